The van der Waals surface area contributed by atoms with Crippen molar-refractivity contribution in [3.05, 3.63) is 112 Å². The number of anilines is 1. The zero-order chi connectivity index (χ0) is 31.9. The molecular formula is C37H39N7O2. The number of aryl methyl sites for hydroxylation is 4. The topological polar surface area (TPSA) is 108 Å². The average Bonchev–Trinajstić information content (AvgIpc) is 3.76. The Morgan fingerprint density at radius 1 is 0.891 bits per heavy atom. The summed E-state index contributed by atoms with van der Waals surface area (Å²) in [5, 5.41) is 17.7. The molecule has 3 heterocycles. The number of carbonyl (C=O) groups excluding carboxylic acids is 2. The van der Waals surface area contributed by atoms with E-state index in [0.717, 1.165) is 66.0 Å². The molecule has 46 heavy (non-hydrogen) atoms. The van der Waals surface area contributed by atoms with Crippen molar-refractivity contribution >= 4 is 17.5 Å². The standard InChI is InChI=1S/C37H39N7O2/c1-22-34(23(2)42-41-22)25-12-14-30(15-13-25)39-37(46)35(40-36(45)33-16-17-38-44(33)4)31-7-5-6-24-8-9-27(19-32(24)31)26-10-11-28-20-43(3)21-29(28)18-26/h8-19,31,35H,5-7,20-21H2,1-4H3,(H,39,46)(H,40,45)(H,41,42)/t31-,35+/m1/s1. The Hall–Kier alpha value is -5.02. The van der Waals surface area contributed by atoms with Crippen molar-refractivity contribution in [2.45, 2.75) is 58.2 Å². The molecule has 234 valence electrons. The van der Waals surface area contributed by atoms with Crippen molar-refractivity contribution in [2.24, 2.45) is 7.05 Å². The van der Waals surface area contributed by atoms with Gasteiger partial charge in [0.2, 0.25) is 5.91 Å². The van der Waals surface area contributed by atoms with Crippen LogP contribution in [0.25, 0.3) is 22.3 Å². The van der Waals surface area contributed by atoms with Crippen molar-refractivity contribution in [3.8, 4) is 22.3 Å². The molecule has 0 saturated heterocycles. The maximum absolute atomic E-state index is 14.2. The van der Waals surface area contributed by atoms with E-state index in [0.29, 0.717) is 11.4 Å². The highest BCUT2D eigenvalue weighted by Crippen LogP contribution is 2.38. The fourth-order valence-electron chi connectivity index (χ4n) is 7.18. The van der Waals surface area contributed by atoms with Crippen molar-refractivity contribution < 1.29 is 9.59 Å². The number of carbonyl (C=O) groups is 2. The number of hydrogen-bond donors (Lipinski definition) is 3. The Morgan fingerprint density at radius 3 is 2.33 bits per heavy atom. The third kappa shape index (κ3) is 5.63. The summed E-state index contributed by atoms with van der Waals surface area (Å²) in [5.74, 6) is -0.771. The minimum absolute atomic E-state index is 0.197. The van der Waals surface area contributed by atoms with Crippen LogP contribution in [0.3, 0.4) is 0 Å². The third-order valence-corrected chi connectivity index (χ3v) is 9.52. The van der Waals surface area contributed by atoms with Crippen LogP contribution in [0.4, 0.5) is 5.69 Å². The molecule has 3 aromatic carbocycles. The third-order valence-electron chi connectivity index (χ3n) is 9.52. The smallest absolute Gasteiger partial charge is 0.270 e. The lowest BCUT2D eigenvalue weighted by Crippen LogP contribution is -2.48. The van der Waals surface area contributed by atoms with Crippen LogP contribution in [0.15, 0.2) is 72.9 Å². The maximum atomic E-state index is 14.2. The highest BCUT2D eigenvalue weighted by atomic mass is 16.2. The first-order valence-electron chi connectivity index (χ1n) is 15.9. The number of rotatable bonds is 7. The molecule has 5 aromatic rings. The molecule has 9 heteroatoms. The van der Waals surface area contributed by atoms with Crippen LogP contribution in [0.5, 0.6) is 0 Å². The van der Waals surface area contributed by atoms with Gasteiger partial charge in [-0.1, -0.05) is 42.5 Å². The molecule has 9 nitrogen and oxygen atoms in total. The molecule has 2 aliphatic rings. The van der Waals surface area contributed by atoms with Crippen molar-refractivity contribution in [1.82, 2.24) is 30.2 Å². The van der Waals surface area contributed by atoms with Gasteiger partial charge >= 0.3 is 0 Å². The van der Waals surface area contributed by atoms with E-state index in [1.54, 1.807) is 19.3 Å². The van der Waals surface area contributed by atoms with Crippen LogP contribution in [-0.2, 0) is 31.4 Å². The summed E-state index contributed by atoms with van der Waals surface area (Å²) in [5.41, 5.74) is 12.4. The fourth-order valence-corrected chi connectivity index (χ4v) is 7.18. The number of fused-ring (bicyclic) bond motifs is 2. The van der Waals surface area contributed by atoms with Crippen molar-refractivity contribution in [1.29, 1.82) is 0 Å². The Kier molecular flexibility index (Phi) is 7.78. The van der Waals surface area contributed by atoms with Gasteiger partial charge in [0, 0.05) is 49.2 Å². The van der Waals surface area contributed by atoms with E-state index < -0.39 is 6.04 Å². The summed E-state index contributed by atoms with van der Waals surface area (Å²) < 4.78 is 1.53. The van der Waals surface area contributed by atoms with Gasteiger partial charge in [-0.05, 0) is 103 Å². The largest absolute Gasteiger partial charge is 0.338 e. The normalized spacial score (nSPS) is 16.5. The minimum atomic E-state index is -0.789. The van der Waals surface area contributed by atoms with E-state index >= 15 is 0 Å². The summed E-state index contributed by atoms with van der Waals surface area (Å²) in [6.45, 7) is 5.89. The zero-order valence-electron chi connectivity index (χ0n) is 26.7. The highest BCUT2D eigenvalue weighted by molar-refractivity contribution is 6.01. The van der Waals surface area contributed by atoms with Gasteiger partial charge in [0.15, 0.2) is 0 Å². The van der Waals surface area contributed by atoms with Gasteiger partial charge in [-0.15, -0.1) is 0 Å². The van der Waals surface area contributed by atoms with Gasteiger partial charge in [0.25, 0.3) is 5.91 Å². The second kappa shape index (κ2) is 12.1. The van der Waals surface area contributed by atoms with E-state index in [1.165, 1.54) is 26.9 Å². The lowest BCUT2D eigenvalue weighted by atomic mass is 9.77. The van der Waals surface area contributed by atoms with Gasteiger partial charge in [-0.3, -0.25) is 24.3 Å². The number of H-pyrrole nitrogens is 1. The van der Waals surface area contributed by atoms with E-state index in [4.69, 9.17) is 0 Å². The summed E-state index contributed by atoms with van der Waals surface area (Å²) in [7, 11) is 3.87. The van der Waals surface area contributed by atoms with Crippen LogP contribution >= 0.6 is 0 Å². The van der Waals surface area contributed by atoms with Gasteiger partial charge in [-0.2, -0.15) is 10.2 Å². The first-order chi connectivity index (χ1) is 22.2. The van der Waals surface area contributed by atoms with E-state index in [9.17, 15) is 9.59 Å². The van der Waals surface area contributed by atoms with Crippen LogP contribution < -0.4 is 10.6 Å². The molecule has 1 aliphatic heterocycles. The Labute approximate surface area is 269 Å². The molecule has 0 unspecified atom stereocenters. The zero-order valence-corrected chi connectivity index (χ0v) is 26.7. The van der Waals surface area contributed by atoms with E-state index in [1.807, 2.05) is 38.1 Å². The molecule has 1 aliphatic carbocycles. The fraction of sp³-hybridized carbons (Fsp3) is 0.297. The first-order valence-corrected chi connectivity index (χ1v) is 15.9. The second-order valence-corrected chi connectivity index (χ2v) is 12.7. The number of aromatic amines is 1. The lowest BCUT2D eigenvalue weighted by Gasteiger charge is -2.32. The summed E-state index contributed by atoms with van der Waals surface area (Å²) in [6, 6.07) is 22.0. The molecule has 3 N–H and O–H groups in total. The number of aromatic nitrogens is 4. The molecule has 2 amide bonds. The predicted molar refractivity (Wildman–Crippen MR) is 179 cm³/mol. The lowest BCUT2D eigenvalue weighted by molar-refractivity contribution is -0.118. The summed E-state index contributed by atoms with van der Waals surface area (Å²) in [4.78, 5) is 30.0. The molecule has 2 atom stereocenters. The molecule has 0 bridgehead atoms. The Bertz CT molecular complexity index is 1920. The molecular weight excluding hydrogens is 574 g/mol. The number of nitrogens with zero attached hydrogens (tertiary/aromatic N) is 4. The van der Waals surface area contributed by atoms with Crippen molar-refractivity contribution in [2.75, 3.05) is 12.4 Å². The van der Waals surface area contributed by atoms with Crippen LogP contribution in [-0.4, -0.2) is 49.8 Å². The maximum Gasteiger partial charge on any atom is 0.270 e. The van der Waals surface area contributed by atoms with E-state index in [2.05, 4.69) is 74.3 Å². The molecule has 0 radical (unpaired) electrons. The quantitative estimate of drug-likeness (QED) is 0.212. The summed E-state index contributed by atoms with van der Waals surface area (Å²) >= 11 is 0. The van der Waals surface area contributed by atoms with E-state index in [-0.39, 0.29) is 17.7 Å². The molecule has 2 aromatic heterocycles. The Balaban J connectivity index is 1.21. The molecule has 0 spiro atoms. The number of hydrogen-bond acceptors (Lipinski definition) is 5. The van der Waals surface area contributed by atoms with Gasteiger partial charge in [-0.25, -0.2) is 0 Å². The van der Waals surface area contributed by atoms with Crippen LogP contribution in [0.2, 0.25) is 0 Å². The van der Waals surface area contributed by atoms with Gasteiger partial charge in [0.1, 0.15) is 11.7 Å². The highest BCUT2D eigenvalue weighted by Gasteiger charge is 2.35. The van der Waals surface area contributed by atoms with Gasteiger partial charge in [0.05, 0.1) is 5.69 Å². The molecule has 0 fully saturated rings. The first kappa shape index (κ1) is 29.7. The summed E-state index contributed by atoms with van der Waals surface area (Å²) in [6.07, 6.45) is 4.25. The SMILES string of the molecule is Cc1n[nH]c(C)c1-c1ccc(NC(=O)[C@@H](NC(=O)c2ccnn2C)[C@@H]2CCCc3ccc(-c4ccc5c(c4)CN(C)C5)cc32)cc1. The monoisotopic (exact) mass is 613 g/mol. The van der Waals surface area contributed by atoms with Gasteiger partial charge < -0.3 is 10.6 Å². The molecule has 0 saturated carbocycles. The Morgan fingerprint density at radius 2 is 1.61 bits per heavy atom. The number of benzene rings is 3. The second-order valence-electron chi connectivity index (χ2n) is 12.7. The predicted octanol–water partition coefficient (Wildman–Crippen LogP) is 5.90. The van der Waals surface area contributed by atoms with Crippen LogP contribution in [0.1, 0.15) is 62.9 Å². The average molecular weight is 614 g/mol. The van der Waals surface area contributed by atoms with Crippen molar-refractivity contribution in [3.63, 3.8) is 0 Å². The number of nitrogens with one attached hydrogen (secondary N) is 3. The van der Waals surface area contributed by atoms with Crippen LogP contribution in [0, 0.1) is 13.8 Å². The molecule has 7 rings (SSSR count). The minimum Gasteiger partial charge on any atom is -0.338 e. The number of amides is 2.